The van der Waals surface area contributed by atoms with E-state index in [2.05, 4.69) is 57.0 Å². The van der Waals surface area contributed by atoms with Crippen LogP contribution in [0.2, 0.25) is 0 Å². The van der Waals surface area contributed by atoms with Gasteiger partial charge in [0.05, 0.1) is 22.7 Å². The summed E-state index contributed by atoms with van der Waals surface area (Å²) in [6.45, 7) is 3.89. The molecule has 1 saturated carbocycles. The zero-order valence-electron chi connectivity index (χ0n) is 22.3. The van der Waals surface area contributed by atoms with Crippen LogP contribution in [-0.2, 0) is 20.1 Å². The molecule has 1 N–H and O–H groups in total. The molecule has 3 aromatic carbocycles. The zero-order chi connectivity index (χ0) is 26.5. The Hall–Kier alpha value is -3.55. The maximum absolute atomic E-state index is 14.5. The Morgan fingerprint density at radius 1 is 0.949 bits per heavy atom. The number of benzene rings is 3. The molecule has 0 bridgehead atoms. The lowest BCUT2D eigenvalue weighted by Crippen LogP contribution is -2.34. The Morgan fingerprint density at radius 3 is 2.51 bits per heavy atom. The summed E-state index contributed by atoms with van der Waals surface area (Å²) < 4.78 is 18.8. The van der Waals surface area contributed by atoms with Gasteiger partial charge in [0.2, 0.25) is 0 Å². The molecule has 7 rings (SSSR count). The first-order valence-corrected chi connectivity index (χ1v) is 14.1. The van der Waals surface area contributed by atoms with Crippen LogP contribution in [-0.4, -0.2) is 48.5 Å². The van der Waals surface area contributed by atoms with Crippen molar-refractivity contribution >= 4 is 21.9 Å². The van der Waals surface area contributed by atoms with Crippen LogP contribution in [0, 0.1) is 11.7 Å². The summed E-state index contributed by atoms with van der Waals surface area (Å²) in [5.41, 5.74) is 5.80. The van der Waals surface area contributed by atoms with Crippen LogP contribution in [0.4, 0.5) is 4.39 Å². The van der Waals surface area contributed by atoms with Crippen LogP contribution >= 0.6 is 0 Å². The van der Waals surface area contributed by atoms with Crippen LogP contribution in [0.3, 0.4) is 0 Å². The number of halogens is 1. The van der Waals surface area contributed by atoms with Gasteiger partial charge in [-0.1, -0.05) is 36.4 Å². The lowest BCUT2D eigenvalue weighted by molar-refractivity contribution is 0.0351. The average Bonchev–Trinajstić information content (AvgIpc) is 3.46. The summed E-state index contributed by atoms with van der Waals surface area (Å²) in [6.07, 6.45) is 3.83. The summed E-state index contributed by atoms with van der Waals surface area (Å²) in [5, 5.41) is 15.4. The molecule has 3 heterocycles. The normalized spacial score (nSPS) is 20.6. The Balaban J connectivity index is 1.07. The molecule has 2 fully saturated rings. The number of fused-ring (bicyclic) bond motifs is 2. The second-order valence-electron chi connectivity index (χ2n) is 11.4. The van der Waals surface area contributed by atoms with Crippen LogP contribution in [0.5, 0.6) is 0 Å². The van der Waals surface area contributed by atoms with Crippen LogP contribution in [0.15, 0.2) is 66.7 Å². The molecule has 0 spiro atoms. The van der Waals surface area contributed by atoms with Gasteiger partial charge in [-0.3, -0.25) is 9.58 Å². The van der Waals surface area contributed by atoms with Crippen LogP contribution in [0.1, 0.15) is 43.0 Å². The van der Waals surface area contributed by atoms with Gasteiger partial charge in [0.1, 0.15) is 17.3 Å². The third-order valence-corrected chi connectivity index (χ3v) is 8.74. The van der Waals surface area contributed by atoms with Crippen molar-refractivity contribution in [1.29, 1.82) is 0 Å². The van der Waals surface area contributed by atoms with Crippen molar-refractivity contribution in [3.05, 3.63) is 83.9 Å². The number of nitrogens with zero attached hydrogens (tertiary/aromatic N) is 5. The molecule has 1 aliphatic carbocycles. The maximum Gasteiger partial charge on any atom is 0.132 e. The number of likely N-dealkylation sites (tertiary alicyclic amines) is 1. The number of aryl methyl sites for hydroxylation is 1. The van der Waals surface area contributed by atoms with E-state index in [1.165, 1.54) is 23.0 Å². The number of aliphatic hydroxyl groups is 1. The molecular formula is C32H34FN5O. The molecule has 39 heavy (non-hydrogen) atoms. The SMILES string of the molecule is Cn1nc(-c2ccccc2F)c2ccc(CN3CCC(c4nc5ccccc5n4CC4CC(O)C4)CC3)cc21. The molecule has 2 aliphatic rings. The second kappa shape index (κ2) is 9.88. The van der Waals surface area contributed by atoms with Gasteiger partial charge < -0.3 is 9.67 Å². The van der Waals surface area contributed by atoms with Crippen molar-refractivity contribution in [3.8, 4) is 11.3 Å². The van der Waals surface area contributed by atoms with Gasteiger partial charge in [-0.2, -0.15) is 5.10 Å². The van der Waals surface area contributed by atoms with Gasteiger partial charge in [-0.15, -0.1) is 0 Å². The Bertz CT molecular complexity index is 1640. The van der Waals surface area contributed by atoms with Crippen molar-refractivity contribution in [3.63, 3.8) is 0 Å². The standard InChI is InChI=1S/C32H34FN5O/c1-36-30-18-21(10-11-26(30)31(35-36)25-6-2-3-7-27(25)33)19-37-14-12-23(13-15-37)32-34-28-8-4-5-9-29(28)38(32)20-22-16-24(39)17-22/h2-11,18,22-24,39H,12-17,19-20H2,1H3. The van der Waals surface area contributed by atoms with Gasteiger partial charge in [-0.05, 0) is 80.6 Å². The number of para-hydroxylation sites is 2. The largest absolute Gasteiger partial charge is 0.393 e. The predicted octanol–water partition coefficient (Wildman–Crippen LogP) is 5.88. The zero-order valence-corrected chi connectivity index (χ0v) is 22.3. The fraction of sp³-hybridized carbons (Fsp3) is 0.375. The molecular weight excluding hydrogens is 489 g/mol. The summed E-state index contributed by atoms with van der Waals surface area (Å²) in [7, 11) is 1.93. The van der Waals surface area contributed by atoms with E-state index in [1.807, 2.05) is 17.8 Å². The highest BCUT2D eigenvalue weighted by atomic mass is 19.1. The highest BCUT2D eigenvalue weighted by Crippen LogP contribution is 2.35. The van der Waals surface area contributed by atoms with E-state index in [4.69, 9.17) is 4.98 Å². The van der Waals surface area contributed by atoms with Gasteiger partial charge in [-0.25, -0.2) is 9.37 Å². The van der Waals surface area contributed by atoms with Crippen molar-refractivity contribution in [2.45, 2.75) is 50.8 Å². The molecule has 0 radical (unpaired) electrons. The maximum atomic E-state index is 14.5. The molecule has 2 aromatic heterocycles. The van der Waals surface area contributed by atoms with E-state index in [-0.39, 0.29) is 11.9 Å². The average molecular weight is 524 g/mol. The molecule has 7 heteroatoms. The molecule has 200 valence electrons. The monoisotopic (exact) mass is 523 g/mol. The van der Waals surface area contributed by atoms with Crippen molar-refractivity contribution < 1.29 is 9.50 Å². The molecule has 0 unspecified atom stereocenters. The second-order valence-corrected chi connectivity index (χ2v) is 11.4. The Morgan fingerprint density at radius 2 is 1.72 bits per heavy atom. The topological polar surface area (TPSA) is 59.1 Å². The summed E-state index contributed by atoms with van der Waals surface area (Å²) in [4.78, 5) is 7.63. The number of aliphatic hydroxyl groups excluding tert-OH is 1. The summed E-state index contributed by atoms with van der Waals surface area (Å²) in [6, 6.07) is 21.8. The minimum Gasteiger partial charge on any atom is -0.393 e. The molecule has 5 aromatic rings. The minimum absolute atomic E-state index is 0.131. The van der Waals surface area contributed by atoms with E-state index < -0.39 is 0 Å². The fourth-order valence-electron chi connectivity index (χ4n) is 6.57. The molecule has 1 saturated heterocycles. The van der Waals surface area contributed by atoms with E-state index in [9.17, 15) is 9.50 Å². The van der Waals surface area contributed by atoms with E-state index in [0.717, 1.165) is 68.3 Å². The third-order valence-electron chi connectivity index (χ3n) is 8.74. The molecule has 6 nitrogen and oxygen atoms in total. The lowest BCUT2D eigenvalue weighted by Gasteiger charge is -2.34. The first-order valence-electron chi connectivity index (χ1n) is 14.1. The van der Waals surface area contributed by atoms with Crippen molar-refractivity contribution in [1.82, 2.24) is 24.2 Å². The predicted molar refractivity (Wildman–Crippen MR) is 152 cm³/mol. The first kappa shape index (κ1) is 24.5. The molecule has 0 amide bonds. The summed E-state index contributed by atoms with van der Waals surface area (Å²) >= 11 is 0. The minimum atomic E-state index is -0.247. The molecule has 0 atom stereocenters. The number of piperidine rings is 1. The first-order chi connectivity index (χ1) is 19.0. The third kappa shape index (κ3) is 4.53. The van der Waals surface area contributed by atoms with Crippen LogP contribution in [0.25, 0.3) is 33.2 Å². The number of imidazole rings is 1. The van der Waals surface area contributed by atoms with E-state index in [0.29, 0.717) is 23.1 Å². The number of aromatic nitrogens is 4. The quantitative estimate of drug-likeness (QED) is 0.302. The highest BCUT2D eigenvalue weighted by molar-refractivity contribution is 5.93. The van der Waals surface area contributed by atoms with Crippen LogP contribution < -0.4 is 0 Å². The van der Waals surface area contributed by atoms with Gasteiger partial charge in [0.15, 0.2) is 0 Å². The van der Waals surface area contributed by atoms with E-state index >= 15 is 0 Å². The lowest BCUT2D eigenvalue weighted by atomic mass is 9.82. The number of hydrogen-bond acceptors (Lipinski definition) is 4. The Labute approximate surface area is 227 Å². The smallest absolute Gasteiger partial charge is 0.132 e. The Kier molecular flexibility index (Phi) is 6.21. The van der Waals surface area contributed by atoms with E-state index in [1.54, 1.807) is 12.1 Å². The van der Waals surface area contributed by atoms with Gasteiger partial charge in [0, 0.05) is 37.0 Å². The number of hydrogen-bond donors (Lipinski definition) is 1. The van der Waals surface area contributed by atoms with Crippen molar-refractivity contribution in [2.24, 2.45) is 13.0 Å². The number of rotatable bonds is 6. The van der Waals surface area contributed by atoms with Gasteiger partial charge >= 0.3 is 0 Å². The molecule has 1 aliphatic heterocycles. The summed E-state index contributed by atoms with van der Waals surface area (Å²) in [5.74, 6) is 1.95. The van der Waals surface area contributed by atoms with Gasteiger partial charge in [0.25, 0.3) is 0 Å². The fourth-order valence-corrected chi connectivity index (χ4v) is 6.57. The van der Waals surface area contributed by atoms with Crippen molar-refractivity contribution in [2.75, 3.05) is 13.1 Å². The highest BCUT2D eigenvalue weighted by Gasteiger charge is 2.31.